The van der Waals surface area contributed by atoms with Crippen LogP contribution in [0.5, 0.6) is 0 Å². The average molecular weight is 211 g/mol. The van der Waals surface area contributed by atoms with Gasteiger partial charge in [0.25, 0.3) is 0 Å². The van der Waals surface area contributed by atoms with E-state index in [0.29, 0.717) is 12.3 Å². The van der Waals surface area contributed by atoms with Crippen LogP contribution in [0, 0.1) is 17.2 Å². The minimum absolute atomic E-state index is 0.648. The lowest BCUT2D eigenvalue weighted by molar-refractivity contribution is 0.235. The van der Waals surface area contributed by atoms with E-state index in [1.165, 1.54) is 6.42 Å². The van der Waals surface area contributed by atoms with Crippen LogP contribution in [0.15, 0.2) is 0 Å². The monoisotopic (exact) mass is 211 g/mol. The fraction of sp³-hybridized carbons (Fsp3) is 0.917. The highest BCUT2D eigenvalue weighted by Gasteiger charge is 2.06. The molecule has 0 aromatic carbocycles. The van der Waals surface area contributed by atoms with Crippen molar-refractivity contribution in [1.29, 1.82) is 5.26 Å². The van der Waals surface area contributed by atoms with E-state index < -0.39 is 0 Å². The molecule has 0 rings (SSSR count). The predicted molar refractivity (Wildman–Crippen MR) is 64.7 cm³/mol. The van der Waals surface area contributed by atoms with Crippen molar-refractivity contribution in [2.24, 2.45) is 5.92 Å². The van der Waals surface area contributed by atoms with E-state index in [0.717, 1.165) is 26.2 Å². The minimum atomic E-state index is 0.648. The molecule has 3 nitrogen and oxygen atoms in total. The molecule has 0 atom stereocenters. The lowest BCUT2D eigenvalue weighted by atomic mass is 10.2. The summed E-state index contributed by atoms with van der Waals surface area (Å²) < 4.78 is 0. The first-order chi connectivity index (χ1) is 7.06. The molecule has 0 aliphatic rings. The van der Waals surface area contributed by atoms with Gasteiger partial charge in [0.15, 0.2) is 0 Å². The molecule has 0 radical (unpaired) electrons. The second-order valence-electron chi connectivity index (χ2n) is 4.76. The maximum atomic E-state index is 8.58. The summed E-state index contributed by atoms with van der Waals surface area (Å²) in [4.78, 5) is 4.61. The zero-order valence-electron chi connectivity index (χ0n) is 10.7. The minimum Gasteiger partial charge on any atom is -0.309 e. The van der Waals surface area contributed by atoms with Crippen molar-refractivity contribution >= 4 is 0 Å². The van der Waals surface area contributed by atoms with Crippen molar-refractivity contribution in [3.8, 4) is 6.07 Å². The van der Waals surface area contributed by atoms with Crippen molar-refractivity contribution in [2.75, 3.05) is 40.3 Å². The second-order valence-corrected chi connectivity index (χ2v) is 4.76. The summed E-state index contributed by atoms with van der Waals surface area (Å²) in [5.41, 5.74) is 0. The van der Waals surface area contributed by atoms with E-state index in [9.17, 15) is 0 Å². The average Bonchev–Trinajstić information content (AvgIpc) is 2.12. The Morgan fingerprint density at radius 1 is 1.13 bits per heavy atom. The van der Waals surface area contributed by atoms with Crippen LogP contribution in [-0.2, 0) is 0 Å². The van der Waals surface area contributed by atoms with Crippen LogP contribution in [0.2, 0.25) is 0 Å². The number of hydrogen-bond donors (Lipinski definition) is 0. The summed E-state index contributed by atoms with van der Waals surface area (Å²) in [6, 6.07) is 2.22. The molecule has 0 fully saturated rings. The molecule has 0 heterocycles. The van der Waals surface area contributed by atoms with Gasteiger partial charge in [0.2, 0.25) is 0 Å². The second kappa shape index (κ2) is 8.70. The van der Waals surface area contributed by atoms with Gasteiger partial charge in [0.1, 0.15) is 0 Å². The first-order valence-corrected chi connectivity index (χ1v) is 5.80. The zero-order chi connectivity index (χ0) is 11.7. The van der Waals surface area contributed by atoms with Gasteiger partial charge in [0, 0.05) is 19.5 Å². The van der Waals surface area contributed by atoms with Crippen molar-refractivity contribution in [2.45, 2.75) is 26.7 Å². The van der Waals surface area contributed by atoms with Crippen molar-refractivity contribution < 1.29 is 0 Å². The van der Waals surface area contributed by atoms with E-state index in [-0.39, 0.29) is 0 Å². The van der Waals surface area contributed by atoms with Gasteiger partial charge in [-0.15, -0.1) is 0 Å². The van der Waals surface area contributed by atoms with Gasteiger partial charge in [-0.05, 0) is 39.5 Å². The first-order valence-electron chi connectivity index (χ1n) is 5.80. The van der Waals surface area contributed by atoms with Gasteiger partial charge in [-0.3, -0.25) is 0 Å². The molecule has 3 heteroatoms. The van der Waals surface area contributed by atoms with E-state index in [1.54, 1.807) is 0 Å². The molecule has 0 bridgehead atoms. The Labute approximate surface area is 94.7 Å². The van der Waals surface area contributed by atoms with Crippen LogP contribution in [0.25, 0.3) is 0 Å². The van der Waals surface area contributed by atoms with Gasteiger partial charge in [0.05, 0.1) is 6.07 Å². The predicted octanol–water partition coefficient (Wildman–Crippen LogP) is 1.81. The Hall–Kier alpha value is -0.590. The lowest BCUT2D eigenvalue weighted by Crippen LogP contribution is -2.31. The van der Waals surface area contributed by atoms with Crippen LogP contribution in [0.3, 0.4) is 0 Å². The first kappa shape index (κ1) is 14.4. The Kier molecular flexibility index (Phi) is 8.35. The van der Waals surface area contributed by atoms with Gasteiger partial charge in [-0.1, -0.05) is 13.8 Å². The van der Waals surface area contributed by atoms with Crippen LogP contribution in [-0.4, -0.2) is 50.1 Å². The fourth-order valence-electron chi connectivity index (χ4n) is 1.63. The smallest absolute Gasteiger partial charge is 0.0635 e. The number of hydrogen-bond acceptors (Lipinski definition) is 3. The highest BCUT2D eigenvalue weighted by Crippen LogP contribution is 2.01. The molecule has 0 saturated heterocycles. The summed E-state index contributed by atoms with van der Waals surface area (Å²) in [5.74, 6) is 0.683. The third-order valence-corrected chi connectivity index (χ3v) is 2.24. The Morgan fingerprint density at radius 2 is 1.80 bits per heavy atom. The molecule has 0 saturated carbocycles. The van der Waals surface area contributed by atoms with Crippen molar-refractivity contribution in [1.82, 2.24) is 9.80 Å². The molecule has 0 aromatic heterocycles. The Morgan fingerprint density at radius 3 is 2.27 bits per heavy atom. The van der Waals surface area contributed by atoms with E-state index in [1.807, 2.05) is 0 Å². The quantitative estimate of drug-likeness (QED) is 0.613. The molecule has 0 N–H and O–H groups in total. The standard InChI is InChI=1S/C12H25N3/c1-12(2)11-15(9-5-7-13)10-6-8-14(3)4/h12H,5-6,8-11H2,1-4H3. The van der Waals surface area contributed by atoms with Crippen LogP contribution < -0.4 is 0 Å². The van der Waals surface area contributed by atoms with Crippen LogP contribution >= 0.6 is 0 Å². The van der Waals surface area contributed by atoms with Gasteiger partial charge >= 0.3 is 0 Å². The molecule has 0 aromatic rings. The zero-order valence-corrected chi connectivity index (χ0v) is 10.7. The molecular formula is C12H25N3. The van der Waals surface area contributed by atoms with Gasteiger partial charge in [-0.2, -0.15) is 5.26 Å². The molecule has 15 heavy (non-hydrogen) atoms. The summed E-state index contributed by atoms with van der Waals surface area (Å²) in [7, 11) is 4.20. The van der Waals surface area contributed by atoms with Crippen molar-refractivity contribution in [3.63, 3.8) is 0 Å². The van der Waals surface area contributed by atoms with Gasteiger partial charge < -0.3 is 9.80 Å². The molecule has 0 aliphatic carbocycles. The third kappa shape index (κ3) is 9.71. The molecule has 0 amide bonds. The SMILES string of the molecule is CC(C)CN(CCC#N)CCCN(C)C. The van der Waals surface area contributed by atoms with E-state index in [4.69, 9.17) is 5.26 Å². The molecule has 0 unspecified atom stereocenters. The summed E-state index contributed by atoms with van der Waals surface area (Å²) in [5, 5.41) is 8.58. The fourth-order valence-corrected chi connectivity index (χ4v) is 1.63. The maximum absolute atomic E-state index is 8.58. The Balaban J connectivity index is 3.75. The summed E-state index contributed by atoms with van der Waals surface area (Å²) in [6.45, 7) is 8.72. The summed E-state index contributed by atoms with van der Waals surface area (Å²) in [6.07, 6.45) is 1.83. The lowest BCUT2D eigenvalue weighted by Gasteiger charge is -2.23. The van der Waals surface area contributed by atoms with Gasteiger partial charge in [-0.25, -0.2) is 0 Å². The number of nitriles is 1. The van der Waals surface area contributed by atoms with Crippen LogP contribution in [0.4, 0.5) is 0 Å². The van der Waals surface area contributed by atoms with Crippen LogP contribution in [0.1, 0.15) is 26.7 Å². The number of rotatable bonds is 8. The highest BCUT2D eigenvalue weighted by molar-refractivity contribution is 4.73. The van der Waals surface area contributed by atoms with E-state index >= 15 is 0 Å². The number of nitrogens with zero attached hydrogens (tertiary/aromatic N) is 3. The molecule has 0 aliphatic heterocycles. The maximum Gasteiger partial charge on any atom is 0.0635 e. The Bertz CT molecular complexity index is 182. The third-order valence-electron chi connectivity index (χ3n) is 2.24. The largest absolute Gasteiger partial charge is 0.309 e. The molecular weight excluding hydrogens is 186 g/mol. The van der Waals surface area contributed by atoms with Crippen molar-refractivity contribution in [3.05, 3.63) is 0 Å². The normalized spacial score (nSPS) is 11.3. The molecule has 0 spiro atoms. The molecule has 88 valence electrons. The topological polar surface area (TPSA) is 30.3 Å². The summed E-state index contributed by atoms with van der Waals surface area (Å²) >= 11 is 0. The van der Waals surface area contributed by atoms with E-state index in [2.05, 4.69) is 43.8 Å². The highest BCUT2D eigenvalue weighted by atomic mass is 15.1.